The van der Waals surface area contributed by atoms with Crippen LogP contribution in [0.4, 0.5) is 0 Å². The van der Waals surface area contributed by atoms with Crippen LogP contribution in [0, 0.1) is 0 Å². The number of carbonyl (C=O) groups excluding carboxylic acids is 1. The first kappa shape index (κ1) is 20.5. The third-order valence-electron chi connectivity index (χ3n) is 3.87. The van der Waals surface area contributed by atoms with E-state index in [1.165, 1.54) is 0 Å². The van der Waals surface area contributed by atoms with Gasteiger partial charge in [0.05, 0.1) is 5.69 Å². The topological polar surface area (TPSA) is 91.6 Å². The van der Waals surface area contributed by atoms with Crippen molar-refractivity contribution in [2.24, 2.45) is 4.99 Å². The number of aromatic nitrogens is 1. The molecule has 1 heterocycles. The summed E-state index contributed by atoms with van der Waals surface area (Å²) in [6, 6.07) is 11.2. The zero-order valence-electron chi connectivity index (χ0n) is 16.3. The fraction of sp³-hybridized carbons (Fsp3) is 0.450. The molecule has 0 saturated heterocycles. The van der Waals surface area contributed by atoms with E-state index in [1.807, 2.05) is 31.2 Å². The van der Waals surface area contributed by atoms with Crippen LogP contribution in [-0.2, 0) is 6.54 Å². The number of amides is 1. The molecule has 0 saturated carbocycles. The number of carbonyl (C=O) groups is 1. The SMILES string of the molecule is CCNC(=NCc1cc(C(C)C)no1)NCCCNC(=O)c1ccccc1. The largest absolute Gasteiger partial charge is 0.359 e. The molecule has 146 valence electrons. The monoisotopic (exact) mass is 371 g/mol. The number of guanidine groups is 1. The second kappa shape index (κ2) is 11.0. The third kappa shape index (κ3) is 7.13. The fourth-order valence-electron chi connectivity index (χ4n) is 2.36. The highest BCUT2D eigenvalue weighted by Gasteiger charge is 2.07. The van der Waals surface area contributed by atoms with Crippen molar-refractivity contribution >= 4 is 11.9 Å². The Balaban J connectivity index is 1.72. The van der Waals surface area contributed by atoms with E-state index >= 15 is 0 Å². The molecule has 0 bridgehead atoms. The quantitative estimate of drug-likeness (QED) is 0.358. The maximum Gasteiger partial charge on any atom is 0.251 e. The molecule has 3 N–H and O–H groups in total. The minimum atomic E-state index is -0.0533. The zero-order valence-corrected chi connectivity index (χ0v) is 16.3. The van der Waals surface area contributed by atoms with Crippen LogP contribution in [0.3, 0.4) is 0 Å². The number of hydrogen-bond donors (Lipinski definition) is 3. The maximum absolute atomic E-state index is 12.0. The number of rotatable bonds is 9. The molecule has 1 amide bonds. The molecule has 27 heavy (non-hydrogen) atoms. The molecule has 0 fully saturated rings. The maximum atomic E-state index is 12.0. The van der Waals surface area contributed by atoms with Gasteiger partial charge in [-0.15, -0.1) is 0 Å². The van der Waals surface area contributed by atoms with Crippen molar-refractivity contribution in [2.45, 2.75) is 39.7 Å². The first-order valence-electron chi connectivity index (χ1n) is 9.41. The molecule has 0 aliphatic carbocycles. The lowest BCUT2D eigenvalue weighted by molar-refractivity contribution is 0.0953. The number of nitrogens with one attached hydrogen (secondary N) is 3. The standard InChI is InChI=1S/C20H29N5O2/c1-4-21-20(24-14-17-13-18(15(2)3)25-27-17)23-12-8-11-22-19(26)16-9-6-5-7-10-16/h5-7,9-10,13,15H,4,8,11-12,14H2,1-3H3,(H,22,26)(H2,21,23,24). The molecule has 2 aromatic rings. The van der Waals surface area contributed by atoms with Gasteiger partial charge in [0, 0.05) is 31.3 Å². The molecule has 0 radical (unpaired) electrons. The van der Waals surface area contributed by atoms with Gasteiger partial charge in [0.15, 0.2) is 11.7 Å². The Hall–Kier alpha value is -2.83. The lowest BCUT2D eigenvalue weighted by atomic mass is 10.1. The molecule has 1 aromatic heterocycles. The van der Waals surface area contributed by atoms with E-state index in [4.69, 9.17) is 4.52 Å². The minimum absolute atomic E-state index is 0.0533. The molecule has 0 spiro atoms. The van der Waals surface area contributed by atoms with Crippen molar-refractivity contribution in [3.05, 3.63) is 53.4 Å². The summed E-state index contributed by atoms with van der Waals surface area (Å²) in [5.41, 5.74) is 1.61. The van der Waals surface area contributed by atoms with E-state index < -0.39 is 0 Å². The molecule has 0 unspecified atom stereocenters. The molecule has 7 nitrogen and oxygen atoms in total. The molecule has 0 atom stereocenters. The highest BCUT2D eigenvalue weighted by Crippen LogP contribution is 2.14. The molecular weight excluding hydrogens is 342 g/mol. The van der Waals surface area contributed by atoms with Crippen molar-refractivity contribution in [3.8, 4) is 0 Å². The Morgan fingerprint density at radius 2 is 1.89 bits per heavy atom. The van der Waals surface area contributed by atoms with Crippen LogP contribution in [0.15, 0.2) is 45.9 Å². The van der Waals surface area contributed by atoms with E-state index in [-0.39, 0.29) is 5.91 Å². The zero-order chi connectivity index (χ0) is 19.5. The number of nitrogens with zero attached hydrogens (tertiary/aromatic N) is 2. The summed E-state index contributed by atoms with van der Waals surface area (Å²) in [6.07, 6.45) is 0.794. The second-order valence-electron chi connectivity index (χ2n) is 6.47. The van der Waals surface area contributed by atoms with Gasteiger partial charge in [0.1, 0.15) is 6.54 Å². The van der Waals surface area contributed by atoms with Crippen molar-refractivity contribution in [1.82, 2.24) is 21.1 Å². The summed E-state index contributed by atoms with van der Waals surface area (Å²) in [7, 11) is 0. The van der Waals surface area contributed by atoms with E-state index in [0.717, 1.165) is 30.4 Å². The Morgan fingerprint density at radius 3 is 2.56 bits per heavy atom. The molecule has 7 heteroatoms. The van der Waals surface area contributed by atoms with Gasteiger partial charge in [-0.1, -0.05) is 37.2 Å². The Kier molecular flexibility index (Phi) is 8.35. The summed E-state index contributed by atoms with van der Waals surface area (Å²) < 4.78 is 5.31. The van der Waals surface area contributed by atoms with Crippen molar-refractivity contribution < 1.29 is 9.32 Å². The molecule has 1 aromatic carbocycles. The van der Waals surface area contributed by atoms with Gasteiger partial charge in [-0.2, -0.15) is 0 Å². The normalized spacial score (nSPS) is 11.5. The van der Waals surface area contributed by atoms with Gasteiger partial charge in [-0.25, -0.2) is 4.99 Å². The highest BCUT2D eigenvalue weighted by atomic mass is 16.5. The summed E-state index contributed by atoms with van der Waals surface area (Å²) in [6.45, 7) is 8.67. The van der Waals surface area contributed by atoms with E-state index in [9.17, 15) is 4.79 Å². The van der Waals surface area contributed by atoms with Crippen LogP contribution in [0.2, 0.25) is 0 Å². The fourth-order valence-corrected chi connectivity index (χ4v) is 2.36. The predicted molar refractivity (Wildman–Crippen MR) is 107 cm³/mol. The summed E-state index contributed by atoms with van der Waals surface area (Å²) in [4.78, 5) is 16.5. The Bertz CT molecular complexity index is 725. The van der Waals surface area contributed by atoms with Crippen LogP contribution in [0.1, 0.15) is 54.9 Å². The molecular formula is C20H29N5O2. The minimum Gasteiger partial charge on any atom is -0.359 e. The van der Waals surface area contributed by atoms with Crippen LogP contribution in [0.5, 0.6) is 0 Å². The van der Waals surface area contributed by atoms with Gasteiger partial charge in [-0.3, -0.25) is 4.79 Å². The lowest BCUT2D eigenvalue weighted by Gasteiger charge is -2.11. The second-order valence-corrected chi connectivity index (χ2v) is 6.47. The Labute approximate surface area is 160 Å². The smallest absolute Gasteiger partial charge is 0.251 e. The highest BCUT2D eigenvalue weighted by molar-refractivity contribution is 5.94. The molecule has 0 aliphatic rings. The average Bonchev–Trinajstić information content (AvgIpc) is 3.15. The first-order valence-corrected chi connectivity index (χ1v) is 9.41. The molecule has 0 aliphatic heterocycles. The van der Waals surface area contributed by atoms with E-state index in [1.54, 1.807) is 12.1 Å². The van der Waals surface area contributed by atoms with Crippen LogP contribution in [0.25, 0.3) is 0 Å². The van der Waals surface area contributed by atoms with Crippen LogP contribution < -0.4 is 16.0 Å². The number of benzene rings is 1. The first-order chi connectivity index (χ1) is 13.1. The van der Waals surface area contributed by atoms with Crippen LogP contribution in [-0.4, -0.2) is 36.7 Å². The van der Waals surface area contributed by atoms with E-state index in [0.29, 0.717) is 31.1 Å². The van der Waals surface area contributed by atoms with Crippen molar-refractivity contribution in [3.63, 3.8) is 0 Å². The van der Waals surface area contributed by atoms with Gasteiger partial charge in [0.25, 0.3) is 5.91 Å². The van der Waals surface area contributed by atoms with Crippen molar-refractivity contribution in [1.29, 1.82) is 0 Å². The van der Waals surface area contributed by atoms with Gasteiger partial charge < -0.3 is 20.5 Å². The van der Waals surface area contributed by atoms with Gasteiger partial charge in [0.2, 0.25) is 0 Å². The summed E-state index contributed by atoms with van der Waals surface area (Å²) in [5, 5.41) is 13.4. The number of hydrogen-bond acceptors (Lipinski definition) is 4. The average molecular weight is 371 g/mol. The van der Waals surface area contributed by atoms with E-state index in [2.05, 4.69) is 39.9 Å². The van der Waals surface area contributed by atoms with Crippen LogP contribution >= 0.6 is 0 Å². The number of aliphatic imine (C=N–C) groups is 1. The third-order valence-corrected chi connectivity index (χ3v) is 3.87. The summed E-state index contributed by atoms with van der Waals surface area (Å²) >= 11 is 0. The van der Waals surface area contributed by atoms with Gasteiger partial charge in [-0.05, 0) is 31.4 Å². The van der Waals surface area contributed by atoms with Crippen molar-refractivity contribution in [2.75, 3.05) is 19.6 Å². The lowest BCUT2D eigenvalue weighted by Crippen LogP contribution is -2.38. The Morgan fingerprint density at radius 1 is 1.15 bits per heavy atom. The van der Waals surface area contributed by atoms with Gasteiger partial charge >= 0.3 is 0 Å². The molecule has 2 rings (SSSR count). The summed E-state index contributed by atoms with van der Waals surface area (Å²) in [5.74, 6) is 1.74. The predicted octanol–water partition coefficient (Wildman–Crippen LogP) is 2.67.